The highest BCUT2D eigenvalue weighted by molar-refractivity contribution is 6.01. The molecule has 0 saturated carbocycles. The molecule has 1 aliphatic carbocycles. The van der Waals surface area contributed by atoms with E-state index in [-0.39, 0.29) is 23.8 Å². The summed E-state index contributed by atoms with van der Waals surface area (Å²) in [5.74, 6) is 2.00. The first-order chi connectivity index (χ1) is 17.5. The van der Waals surface area contributed by atoms with E-state index in [1.165, 1.54) is 0 Å². The summed E-state index contributed by atoms with van der Waals surface area (Å²) in [5.41, 5.74) is 6.00. The molecule has 2 atom stereocenters. The van der Waals surface area contributed by atoms with Crippen molar-refractivity contribution >= 4 is 17.2 Å². The van der Waals surface area contributed by atoms with Crippen molar-refractivity contribution in [3.8, 4) is 11.5 Å². The molecule has 0 amide bonds. The number of hydrogen-bond acceptors (Lipinski definition) is 5. The van der Waals surface area contributed by atoms with Crippen LogP contribution >= 0.6 is 0 Å². The van der Waals surface area contributed by atoms with Crippen LogP contribution in [0.15, 0.2) is 84.1 Å². The molecule has 0 saturated heterocycles. The van der Waals surface area contributed by atoms with Gasteiger partial charge in [-0.2, -0.15) is 0 Å². The van der Waals surface area contributed by atoms with Gasteiger partial charge in [0.1, 0.15) is 11.5 Å². The van der Waals surface area contributed by atoms with Crippen molar-refractivity contribution in [3.05, 3.63) is 95.2 Å². The minimum absolute atomic E-state index is 0.112. The summed E-state index contributed by atoms with van der Waals surface area (Å²) >= 11 is 0. The molecule has 0 fully saturated rings. The number of allylic oxidation sites excluding steroid dienone is 1. The van der Waals surface area contributed by atoms with Gasteiger partial charge < -0.3 is 20.1 Å². The molecule has 0 bridgehead atoms. The SMILES string of the molecule is CCCOc1ccc(C2CC(=O)C3=C(C2)Nc2ccccc2NC3c2ccc(OC(C)C)cc2)cc1. The molecule has 1 aliphatic heterocycles. The standard InChI is InChI=1S/C31H34N2O3/c1-4-17-35-24-13-9-21(10-14-24)23-18-28-30(29(34)19-23)31(33-27-8-6-5-7-26(27)32-28)22-11-15-25(16-12-22)36-20(2)3/h5-16,20,23,31-33H,4,17-19H2,1-3H3. The molecule has 5 rings (SSSR count). The number of carbonyl (C=O) groups is 1. The molecule has 0 radical (unpaired) electrons. The molecular weight excluding hydrogens is 448 g/mol. The lowest BCUT2D eigenvalue weighted by atomic mass is 9.78. The topological polar surface area (TPSA) is 59.6 Å². The van der Waals surface area contributed by atoms with E-state index >= 15 is 0 Å². The number of Topliss-reactive ketones (excluding diaryl/α,β-unsaturated/α-hetero) is 1. The van der Waals surface area contributed by atoms with Crippen LogP contribution in [0.3, 0.4) is 0 Å². The third-order valence-electron chi connectivity index (χ3n) is 6.72. The van der Waals surface area contributed by atoms with Crippen LogP contribution < -0.4 is 20.1 Å². The Labute approximate surface area is 213 Å². The third-order valence-corrected chi connectivity index (χ3v) is 6.72. The first-order valence-corrected chi connectivity index (χ1v) is 12.9. The first-order valence-electron chi connectivity index (χ1n) is 12.9. The molecule has 36 heavy (non-hydrogen) atoms. The molecule has 1 heterocycles. The number of benzene rings is 3. The minimum Gasteiger partial charge on any atom is -0.494 e. The van der Waals surface area contributed by atoms with Gasteiger partial charge >= 0.3 is 0 Å². The second-order valence-corrected chi connectivity index (χ2v) is 9.82. The zero-order valence-electron chi connectivity index (χ0n) is 21.2. The lowest BCUT2D eigenvalue weighted by Crippen LogP contribution is -2.26. The number of anilines is 2. The number of hydrogen-bond donors (Lipinski definition) is 2. The van der Waals surface area contributed by atoms with Crippen molar-refractivity contribution < 1.29 is 14.3 Å². The Balaban J connectivity index is 1.48. The molecule has 2 aliphatic rings. The van der Waals surface area contributed by atoms with Crippen molar-refractivity contribution in [2.24, 2.45) is 0 Å². The third kappa shape index (κ3) is 5.11. The van der Waals surface area contributed by atoms with E-state index in [4.69, 9.17) is 9.47 Å². The van der Waals surface area contributed by atoms with Gasteiger partial charge in [-0.1, -0.05) is 43.3 Å². The van der Waals surface area contributed by atoms with Gasteiger partial charge in [-0.05, 0) is 80.1 Å². The number of carbonyl (C=O) groups excluding carboxylic acids is 1. The fourth-order valence-electron chi connectivity index (χ4n) is 5.05. The van der Waals surface area contributed by atoms with E-state index in [1.807, 2.05) is 50.2 Å². The maximum atomic E-state index is 13.7. The number of ketones is 1. The van der Waals surface area contributed by atoms with Crippen molar-refractivity contribution in [1.29, 1.82) is 0 Å². The van der Waals surface area contributed by atoms with Gasteiger partial charge in [-0.25, -0.2) is 0 Å². The largest absolute Gasteiger partial charge is 0.494 e. The number of ether oxygens (including phenoxy) is 2. The first kappa shape index (κ1) is 24.0. The molecule has 5 nitrogen and oxygen atoms in total. The zero-order valence-corrected chi connectivity index (χ0v) is 21.2. The normalized spacial score (nSPS) is 19.1. The lowest BCUT2D eigenvalue weighted by Gasteiger charge is -2.30. The zero-order chi connectivity index (χ0) is 25.1. The van der Waals surface area contributed by atoms with Gasteiger partial charge in [0.15, 0.2) is 5.78 Å². The van der Waals surface area contributed by atoms with Crippen LogP contribution in [-0.4, -0.2) is 18.5 Å². The van der Waals surface area contributed by atoms with Gasteiger partial charge in [-0.15, -0.1) is 0 Å². The summed E-state index contributed by atoms with van der Waals surface area (Å²) in [6.07, 6.45) is 2.35. The molecule has 186 valence electrons. The summed E-state index contributed by atoms with van der Waals surface area (Å²) in [6, 6.07) is 24.2. The minimum atomic E-state index is -0.234. The summed E-state index contributed by atoms with van der Waals surface area (Å²) in [5, 5.41) is 7.26. The Hall–Kier alpha value is -3.73. The molecule has 0 spiro atoms. The number of fused-ring (bicyclic) bond motifs is 1. The molecule has 5 heteroatoms. The Morgan fingerprint density at radius 1 is 0.861 bits per heavy atom. The van der Waals surface area contributed by atoms with Crippen molar-refractivity contribution in [1.82, 2.24) is 0 Å². The Morgan fingerprint density at radius 3 is 2.22 bits per heavy atom. The Morgan fingerprint density at radius 2 is 1.53 bits per heavy atom. The van der Waals surface area contributed by atoms with Gasteiger partial charge in [-0.3, -0.25) is 4.79 Å². The average molecular weight is 483 g/mol. The Bertz CT molecular complexity index is 1250. The van der Waals surface area contributed by atoms with Crippen LogP contribution in [0.1, 0.15) is 63.1 Å². The van der Waals surface area contributed by atoms with Crippen LogP contribution in [0.5, 0.6) is 11.5 Å². The highest BCUT2D eigenvalue weighted by atomic mass is 16.5. The second-order valence-electron chi connectivity index (χ2n) is 9.82. The molecule has 0 aromatic heterocycles. The fourth-order valence-corrected chi connectivity index (χ4v) is 5.05. The number of nitrogens with one attached hydrogen (secondary N) is 2. The monoisotopic (exact) mass is 482 g/mol. The van der Waals surface area contributed by atoms with E-state index < -0.39 is 0 Å². The van der Waals surface area contributed by atoms with E-state index in [1.54, 1.807) is 0 Å². The quantitative estimate of drug-likeness (QED) is 0.372. The lowest BCUT2D eigenvalue weighted by molar-refractivity contribution is -0.116. The van der Waals surface area contributed by atoms with Crippen LogP contribution in [-0.2, 0) is 4.79 Å². The second kappa shape index (κ2) is 10.5. The summed E-state index contributed by atoms with van der Waals surface area (Å²) < 4.78 is 11.6. The summed E-state index contributed by atoms with van der Waals surface area (Å²) in [4.78, 5) is 13.7. The van der Waals surface area contributed by atoms with E-state index in [0.29, 0.717) is 13.0 Å². The molecular formula is C31H34N2O3. The maximum absolute atomic E-state index is 13.7. The van der Waals surface area contributed by atoms with Crippen LogP contribution in [0.25, 0.3) is 0 Å². The van der Waals surface area contributed by atoms with Gasteiger partial charge in [0.25, 0.3) is 0 Å². The predicted octanol–water partition coefficient (Wildman–Crippen LogP) is 7.24. The van der Waals surface area contributed by atoms with Crippen molar-refractivity contribution in [2.45, 2.75) is 58.1 Å². The fraction of sp³-hybridized carbons (Fsp3) is 0.323. The maximum Gasteiger partial charge on any atom is 0.163 e. The predicted molar refractivity (Wildman–Crippen MR) is 145 cm³/mol. The summed E-state index contributed by atoms with van der Waals surface area (Å²) in [6.45, 7) is 6.84. The number of para-hydroxylation sites is 2. The molecule has 2 unspecified atom stereocenters. The Kier molecular flexibility index (Phi) is 6.99. The number of rotatable bonds is 7. The molecule has 3 aromatic carbocycles. The molecule has 2 N–H and O–H groups in total. The van der Waals surface area contributed by atoms with Gasteiger partial charge in [0.2, 0.25) is 0 Å². The average Bonchev–Trinajstić information content (AvgIpc) is 3.05. The highest BCUT2D eigenvalue weighted by Crippen LogP contribution is 2.44. The van der Waals surface area contributed by atoms with Crippen LogP contribution in [0.2, 0.25) is 0 Å². The van der Waals surface area contributed by atoms with Crippen LogP contribution in [0, 0.1) is 0 Å². The van der Waals surface area contributed by atoms with E-state index in [0.717, 1.165) is 58.1 Å². The van der Waals surface area contributed by atoms with Crippen molar-refractivity contribution in [2.75, 3.05) is 17.2 Å². The van der Waals surface area contributed by atoms with Crippen LogP contribution in [0.4, 0.5) is 11.4 Å². The van der Waals surface area contributed by atoms with Gasteiger partial charge in [0.05, 0.1) is 30.1 Å². The van der Waals surface area contributed by atoms with Gasteiger partial charge in [0, 0.05) is 17.7 Å². The van der Waals surface area contributed by atoms with E-state index in [2.05, 4.69) is 54.0 Å². The van der Waals surface area contributed by atoms with E-state index in [9.17, 15) is 4.79 Å². The van der Waals surface area contributed by atoms with Crippen molar-refractivity contribution in [3.63, 3.8) is 0 Å². The summed E-state index contributed by atoms with van der Waals surface area (Å²) in [7, 11) is 0. The smallest absolute Gasteiger partial charge is 0.163 e. The molecule has 3 aromatic rings. The highest BCUT2D eigenvalue weighted by Gasteiger charge is 2.36.